The number of carbonyl (C=O) groups is 2. The van der Waals surface area contributed by atoms with Gasteiger partial charge in [0.2, 0.25) is 0 Å². The van der Waals surface area contributed by atoms with Crippen molar-refractivity contribution in [1.82, 2.24) is 14.7 Å². The molecule has 0 N–H and O–H groups in total. The van der Waals surface area contributed by atoms with Gasteiger partial charge in [0.05, 0.1) is 6.67 Å². The molecule has 1 aliphatic heterocycles. The lowest BCUT2D eigenvalue weighted by atomic mass is 10.3. The molecule has 98 valence electrons. The third-order valence-corrected chi connectivity index (χ3v) is 2.78. The average molecular weight is 241 g/mol. The van der Waals surface area contributed by atoms with Gasteiger partial charge in [0.15, 0.2) is 0 Å². The van der Waals surface area contributed by atoms with Gasteiger partial charge in [-0.25, -0.2) is 14.5 Å². The van der Waals surface area contributed by atoms with E-state index in [0.29, 0.717) is 26.3 Å². The smallest absolute Gasteiger partial charge is 0.306 e. The molecule has 1 rings (SSSR count). The lowest BCUT2D eigenvalue weighted by Gasteiger charge is -2.40. The highest BCUT2D eigenvalue weighted by molar-refractivity contribution is 5.95. The Labute approximate surface area is 103 Å². The zero-order valence-corrected chi connectivity index (χ0v) is 11.1. The van der Waals surface area contributed by atoms with Gasteiger partial charge in [0, 0.05) is 19.6 Å². The zero-order chi connectivity index (χ0) is 12.8. The van der Waals surface area contributed by atoms with E-state index in [1.807, 2.05) is 20.8 Å². The molecular formula is C12H23N3O2. The van der Waals surface area contributed by atoms with Crippen LogP contribution in [0.15, 0.2) is 0 Å². The highest BCUT2D eigenvalue weighted by Gasteiger charge is 2.35. The average Bonchev–Trinajstić information content (AvgIpc) is 2.31. The van der Waals surface area contributed by atoms with Gasteiger partial charge in [0.25, 0.3) is 0 Å². The number of urea groups is 2. The van der Waals surface area contributed by atoms with E-state index >= 15 is 0 Å². The third-order valence-electron chi connectivity index (χ3n) is 2.78. The molecule has 1 heterocycles. The fraction of sp³-hybridized carbons (Fsp3) is 0.833. The van der Waals surface area contributed by atoms with E-state index in [9.17, 15) is 9.59 Å². The minimum absolute atomic E-state index is 0.133. The van der Waals surface area contributed by atoms with Crippen molar-refractivity contribution in [3.05, 3.63) is 0 Å². The first-order chi connectivity index (χ1) is 8.15. The van der Waals surface area contributed by atoms with Crippen LogP contribution in [0.25, 0.3) is 0 Å². The molecule has 0 aromatic rings. The van der Waals surface area contributed by atoms with Crippen LogP contribution in [-0.2, 0) is 0 Å². The van der Waals surface area contributed by atoms with E-state index in [1.165, 1.54) is 4.90 Å². The highest BCUT2D eigenvalue weighted by atomic mass is 16.2. The summed E-state index contributed by atoms with van der Waals surface area (Å²) in [6.07, 6.45) is 2.64. The molecule has 0 aromatic heterocycles. The number of hydrogen-bond donors (Lipinski definition) is 0. The number of amides is 4. The molecule has 1 fully saturated rings. The molecule has 4 amide bonds. The number of carbonyl (C=O) groups excluding carboxylic acids is 2. The molecule has 0 spiro atoms. The Hall–Kier alpha value is -1.26. The summed E-state index contributed by atoms with van der Waals surface area (Å²) in [7, 11) is 0. The van der Waals surface area contributed by atoms with E-state index < -0.39 is 0 Å². The van der Waals surface area contributed by atoms with Gasteiger partial charge >= 0.3 is 12.1 Å². The van der Waals surface area contributed by atoms with Crippen LogP contribution in [0.3, 0.4) is 0 Å². The van der Waals surface area contributed by atoms with E-state index in [-0.39, 0.29) is 12.1 Å². The molecule has 5 nitrogen and oxygen atoms in total. The summed E-state index contributed by atoms with van der Waals surface area (Å²) in [6.45, 7) is 8.44. The molecule has 1 aliphatic rings. The lowest BCUT2D eigenvalue weighted by Crippen LogP contribution is -2.61. The molecule has 5 heteroatoms. The summed E-state index contributed by atoms with van der Waals surface area (Å²) in [4.78, 5) is 29.0. The fourth-order valence-electron chi connectivity index (χ4n) is 2.04. The van der Waals surface area contributed by atoms with Crippen molar-refractivity contribution in [3.8, 4) is 0 Å². The van der Waals surface area contributed by atoms with Crippen molar-refractivity contribution in [2.75, 3.05) is 26.3 Å². The van der Waals surface area contributed by atoms with E-state index in [1.54, 1.807) is 9.80 Å². The first-order valence-electron chi connectivity index (χ1n) is 6.51. The zero-order valence-electron chi connectivity index (χ0n) is 11.1. The summed E-state index contributed by atoms with van der Waals surface area (Å²) in [5.74, 6) is 0. The molecule has 0 unspecified atom stereocenters. The van der Waals surface area contributed by atoms with Crippen LogP contribution in [0.2, 0.25) is 0 Å². The van der Waals surface area contributed by atoms with Gasteiger partial charge in [-0.05, 0) is 19.3 Å². The Balaban J connectivity index is 2.79. The second kappa shape index (κ2) is 6.47. The highest BCUT2D eigenvalue weighted by Crippen LogP contribution is 2.14. The van der Waals surface area contributed by atoms with Crippen LogP contribution in [0.1, 0.15) is 40.0 Å². The summed E-state index contributed by atoms with van der Waals surface area (Å²) >= 11 is 0. The minimum atomic E-state index is -0.133. The van der Waals surface area contributed by atoms with Crippen LogP contribution in [0, 0.1) is 0 Å². The molecule has 0 atom stereocenters. The summed E-state index contributed by atoms with van der Waals surface area (Å²) in [5.41, 5.74) is 0. The van der Waals surface area contributed by atoms with Crippen molar-refractivity contribution in [2.45, 2.75) is 40.0 Å². The van der Waals surface area contributed by atoms with Gasteiger partial charge < -0.3 is 9.80 Å². The second-order valence-electron chi connectivity index (χ2n) is 4.39. The Kier molecular flexibility index (Phi) is 5.25. The largest absolute Gasteiger partial charge is 0.329 e. The number of hydrogen-bond acceptors (Lipinski definition) is 2. The van der Waals surface area contributed by atoms with Crippen LogP contribution >= 0.6 is 0 Å². The van der Waals surface area contributed by atoms with Gasteiger partial charge in [-0.3, -0.25) is 0 Å². The number of nitrogens with zero attached hydrogens (tertiary/aromatic N) is 3. The van der Waals surface area contributed by atoms with Gasteiger partial charge in [-0.15, -0.1) is 0 Å². The molecule has 0 aliphatic carbocycles. The maximum atomic E-state index is 12.1. The van der Waals surface area contributed by atoms with Gasteiger partial charge in [0.1, 0.15) is 0 Å². The van der Waals surface area contributed by atoms with Crippen LogP contribution in [0.4, 0.5) is 9.59 Å². The topological polar surface area (TPSA) is 43.9 Å². The van der Waals surface area contributed by atoms with Crippen molar-refractivity contribution >= 4 is 12.1 Å². The second-order valence-corrected chi connectivity index (χ2v) is 4.39. The SMILES string of the molecule is CCCN1CN(CCC)C(=O)N(CCC)C1=O. The molecular weight excluding hydrogens is 218 g/mol. The van der Waals surface area contributed by atoms with E-state index in [4.69, 9.17) is 0 Å². The molecule has 0 saturated carbocycles. The maximum absolute atomic E-state index is 12.1. The quantitative estimate of drug-likeness (QED) is 0.716. The monoisotopic (exact) mass is 241 g/mol. The summed E-state index contributed by atoms with van der Waals surface area (Å²) in [6, 6.07) is -0.267. The Morgan fingerprint density at radius 3 is 1.59 bits per heavy atom. The fourth-order valence-corrected chi connectivity index (χ4v) is 2.04. The first-order valence-corrected chi connectivity index (χ1v) is 6.51. The third kappa shape index (κ3) is 3.11. The number of rotatable bonds is 6. The van der Waals surface area contributed by atoms with E-state index in [0.717, 1.165) is 19.3 Å². The molecule has 1 saturated heterocycles. The first kappa shape index (κ1) is 13.8. The summed E-state index contributed by atoms with van der Waals surface area (Å²) in [5, 5.41) is 0. The Bertz CT molecular complexity index is 257. The van der Waals surface area contributed by atoms with Crippen molar-refractivity contribution in [1.29, 1.82) is 0 Å². The predicted octanol–water partition coefficient (Wildman–Crippen LogP) is 2.33. The molecule has 0 aromatic carbocycles. The number of imide groups is 1. The molecule has 17 heavy (non-hydrogen) atoms. The maximum Gasteiger partial charge on any atom is 0.329 e. The molecule has 0 bridgehead atoms. The van der Waals surface area contributed by atoms with Crippen LogP contribution in [-0.4, -0.2) is 53.1 Å². The Morgan fingerprint density at radius 1 is 0.824 bits per heavy atom. The van der Waals surface area contributed by atoms with Crippen LogP contribution < -0.4 is 0 Å². The van der Waals surface area contributed by atoms with Crippen molar-refractivity contribution in [2.24, 2.45) is 0 Å². The Morgan fingerprint density at radius 2 is 1.24 bits per heavy atom. The minimum Gasteiger partial charge on any atom is -0.306 e. The standard InChI is InChI=1S/C12H23N3O2/c1-4-7-13-10-14(8-5-2)12(17)15(9-6-3)11(13)16/h4-10H2,1-3H3. The van der Waals surface area contributed by atoms with E-state index in [2.05, 4.69) is 0 Å². The predicted molar refractivity (Wildman–Crippen MR) is 66.7 cm³/mol. The van der Waals surface area contributed by atoms with Crippen LogP contribution in [0.5, 0.6) is 0 Å². The normalized spacial score (nSPS) is 17.0. The lowest BCUT2D eigenvalue weighted by molar-refractivity contribution is 0.0780. The van der Waals surface area contributed by atoms with Crippen molar-refractivity contribution < 1.29 is 9.59 Å². The summed E-state index contributed by atoms with van der Waals surface area (Å²) < 4.78 is 0. The van der Waals surface area contributed by atoms with Gasteiger partial charge in [-0.2, -0.15) is 0 Å². The van der Waals surface area contributed by atoms with Crippen molar-refractivity contribution in [3.63, 3.8) is 0 Å². The molecule has 0 radical (unpaired) electrons. The van der Waals surface area contributed by atoms with Gasteiger partial charge in [-0.1, -0.05) is 20.8 Å².